The normalized spacial score (nSPS) is 12.1. The Labute approximate surface area is 106 Å². The first-order valence-corrected chi connectivity index (χ1v) is 6.73. The Bertz CT molecular complexity index is 313. The SMILES string of the molecule is CC(CCc1ccccc1)NC(=O)CCBr. The van der Waals surface area contributed by atoms with E-state index in [0.29, 0.717) is 6.42 Å². The molecule has 88 valence electrons. The van der Waals surface area contributed by atoms with E-state index in [1.54, 1.807) is 0 Å². The monoisotopic (exact) mass is 283 g/mol. The number of rotatable bonds is 6. The lowest BCUT2D eigenvalue weighted by atomic mass is 10.1. The second-order valence-electron chi connectivity index (χ2n) is 3.93. The maximum atomic E-state index is 11.3. The zero-order valence-corrected chi connectivity index (χ0v) is 11.2. The third-order valence-corrected chi connectivity index (χ3v) is 2.83. The summed E-state index contributed by atoms with van der Waals surface area (Å²) in [6.45, 7) is 2.05. The highest BCUT2D eigenvalue weighted by Gasteiger charge is 2.06. The van der Waals surface area contributed by atoms with E-state index in [1.165, 1.54) is 5.56 Å². The van der Waals surface area contributed by atoms with Gasteiger partial charge in [-0.15, -0.1) is 0 Å². The van der Waals surface area contributed by atoms with E-state index in [9.17, 15) is 4.79 Å². The number of hydrogen-bond donors (Lipinski definition) is 1. The lowest BCUT2D eigenvalue weighted by Gasteiger charge is -2.13. The van der Waals surface area contributed by atoms with E-state index >= 15 is 0 Å². The summed E-state index contributed by atoms with van der Waals surface area (Å²) in [6, 6.07) is 10.6. The van der Waals surface area contributed by atoms with Crippen LogP contribution in [0.2, 0.25) is 0 Å². The Morgan fingerprint density at radius 2 is 2.06 bits per heavy atom. The predicted molar refractivity (Wildman–Crippen MR) is 70.8 cm³/mol. The van der Waals surface area contributed by atoms with Crippen LogP contribution in [0, 0.1) is 0 Å². The molecule has 0 spiro atoms. The van der Waals surface area contributed by atoms with E-state index in [2.05, 4.69) is 40.3 Å². The van der Waals surface area contributed by atoms with Gasteiger partial charge in [0.2, 0.25) is 5.91 Å². The molecule has 3 heteroatoms. The van der Waals surface area contributed by atoms with E-state index in [-0.39, 0.29) is 11.9 Å². The summed E-state index contributed by atoms with van der Waals surface area (Å²) in [5, 5.41) is 3.71. The highest BCUT2D eigenvalue weighted by atomic mass is 79.9. The minimum Gasteiger partial charge on any atom is -0.354 e. The number of amides is 1. The topological polar surface area (TPSA) is 29.1 Å². The number of alkyl halides is 1. The maximum Gasteiger partial charge on any atom is 0.221 e. The number of benzene rings is 1. The van der Waals surface area contributed by atoms with Crippen molar-refractivity contribution in [1.82, 2.24) is 5.32 Å². The van der Waals surface area contributed by atoms with Gasteiger partial charge in [0.15, 0.2) is 0 Å². The van der Waals surface area contributed by atoms with Gasteiger partial charge in [-0.3, -0.25) is 4.79 Å². The van der Waals surface area contributed by atoms with Gasteiger partial charge < -0.3 is 5.32 Å². The molecule has 16 heavy (non-hydrogen) atoms. The lowest BCUT2D eigenvalue weighted by molar-refractivity contribution is -0.121. The summed E-state index contributed by atoms with van der Waals surface area (Å²) in [7, 11) is 0. The third-order valence-electron chi connectivity index (χ3n) is 2.44. The zero-order chi connectivity index (χ0) is 11.8. The molecule has 1 unspecified atom stereocenters. The summed E-state index contributed by atoms with van der Waals surface area (Å²) in [5.41, 5.74) is 1.32. The van der Waals surface area contributed by atoms with Crippen molar-refractivity contribution >= 4 is 21.8 Å². The van der Waals surface area contributed by atoms with Crippen LogP contribution in [-0.2, 0) is 11.2 Å². The van der Waals surface area contributed by atoms with E-state index in [4.69, 9.17) is 0 Å². The minimum atomic E-state index is 0.123. The summed E-state index contributed by atoms with van der Waals surface area (Å²) < 4.78 is 0. The first-order chi connectivity index (χ1) is 7.72. The van der Waals surface area contributed by atoms with Gasteiger partial charge in [-0.05, 0) is 25.3 Å². The molecular weight excluding hydrogens is 266 g/mol. The van der Waals surface area contributed by atoms with E-state index < -0.39 is 0 Å². The smallest absolute Gasteiger partial charge is 0.221 e. The number of halogens is 1. The Morgan fingerprint density at radius 1 is 1.38 bits per heavy atom. The molecule has 0 radical (unpaired) electrons. The van der Waals surface area contributed by atoms with Crippen molar-refractivity contribution in [2.75, 3.05) is 5.33 Å². The van der Waals surface area contributed by atoms with Crippen LogP contribution in [0.25, 0.3) is 0 Å². The Morgan fingerprint density at radius 3 is 2.69 bits per heavy atom. The average molecular weight is 284 g/mol. The van der Waals surface area contributed by atoms with Gasteiger partial charge >= 0.3 is 0 Å². The second-order valence-corrected chi connectivity index (χ2v) is 4.72. The van der Waals surface area contributed by atoms with Gasteiger partial charge in [0, 0.05) is 17.8 Å². The first-order valence-electron chi connectivity index (χ1n) is 5.61. The van der Waals surface area contributed by atoms with Gasteiger partial charge in [-0.1, -0.05) is 46.3 Å². The highest BCUT2D eigenvalue weighted by molar-refractivity contribution is 9.09. The second kappa shape index (κ2) is 7.44. The van der Waals surface area contributed by atoms with Crippen molar-refractivity contribution in [2.45, 2.75) is 32.2 Å². The Hall–Kier alpha value is -0.830. The van der Waals surface area contributed by atoms with Gasteiger partial charge in [0.1, 0.15) is 0 Å². The molecule has 0 bridgehead atoms. The zero-order valence-electron chi connectivity index (χ0n) is 9.58. The largest absolute Gasteiger partial charge is 0.354 e. The Kier molecular flexibility index (Phi) is 6.16. The van der Waals surface area contributed by atoms with Gasteiger partial charge in [-0.25, -0.2) is 0 Å². The number of carbonyl (C=O) groups excluding carboxylic acids is 1. The molecule has 0 aliphatic rings. The molecule has 0 aromatic heterocycles. The molecule has 1 N–H and O–H groups in total. The fraction of sp³-hybridized carbons (Fsp3) is 0.462. The molecule has 0 heterocycles. The standard InChI is InChI=1S/C13H18BrNO/c1-11(15-13(16)9-10-14)7-8-12-5-3-2-4-6-12/h2-6,11H,7-10H2,1H3,(H,15,16). The van der Waals surface area contributed by atoms with Crippen LogP contribution in [0.4, 0.5) is 0 Å². The van der Waals surface area contributed by atoms with Crippen molar-refractivity contribution in [3.8, 4) is 0 Å². The highest BCUT2D eigenvalue weighted by Crippen LogP contribution is 2.04. The van der Waals surface area contributed by atoms with Crippen molar-refractivity contribution in [2.24, 2.45) is 0 Å². The fourth-order valence-electron chi connectivity index (χ4n) is 1.53. The molecule has 1 aromatic rings. The molecule has 0 saturated carbocycles. The maximum absolute atomic E-state index is 11.3. The Balaban J connectivity index is 2.25. The quantitative estimate of drug-likeness (QED) is 0.800. The van der Waals surface area contributed by atoms with Crippen LogP contribution < -0.4 is 5.32 Å². The summed E-state index contributed by atoms with van der Waals surface area (Å²) >= 11 is 3.25. The van der Waals surface area contributed by atoms with Crippen LogP contribution in [0.5, 0.6) is 0 Å². The van der Waals surface area contributed by atoms with Crippen molar-refractivity contribution in [3.63, 3.8) is 0 Å². The van der Waals surface area contributed by atoms with Gasteiger partial charge in [-0.2, -0.15) is 0 Å². The third kappa shape index (κ3) is 5.31. The van der Waals surface area contributed by atoms with E-state index in [1.807, 2.05) is 18.2 Å². The lowest BCUT2D eigenvalue weighted by Crippen LogP contribution is -2.32. The van der Waals surface area contributed by atoms with Gasteiger partial charge in [0.25, 0.3) is 0 Å². The van der Waals surface area contributed by atoms with Crippen molar-refractivity contribution in [3.05, 3.63) is 35.9 Å². The molecule has 1 amide bonds. The molecule has 1 atom stereocenters. The average Bonchev–Trinajstić information content (AvgIpc) is 2.28. The number of nitrogens with one attached hydrogen (secondary N) is 1. The van der Waals surface area contributed by atoms with Gasteiger partial charge in [0.05, 0.1) is 0 Å². The molecule has 1 aromatic carbocycles. The van der Waals surface area contributed by atoms with Crippen LogP contribution in [-0.4, -0.2) is 17.3 Å². The van der Waals surface area contributed by atoms with Crippen LogP contribution in [0.3, 0.4) is 0 Å². The molecule has 0 aliphatic carbocycles. The summed E-state index contributed by atoms with van der Waals surface area (Å²) in [5.74, 6) is 0.123. The number of hydrogen-bond acceptors (Lipinski definition) is 1. The summed E-state index contributed by atoms with van der Waals surface area (Å²) in [6.07, 6.45) is 2.55. The number of carbonyl (C=O) groups is 1. The number of aryl methyl sites for hydroxylation is 1. The van der Waals surface area contributed by atoms with E-state index in [0.717, 1.165) is 18.2 Å². The molecule has 0 fully saturated rings. The molecule has 0 saturated heterocycles. The van der Waals surface area contributed by atoms with Crippen LogP contribution >= 0.6 is 15.9 Å². The molecular formula is C13H18BrNO. The molecule has 0 aliphatic heterocycles. The first kappa shape index (κ1) is 13.2. The fourth-order valence-corrected chi connectivity index (χ4v) is 1.89. The van der Waals surface area contributed by atoms with Crippen LogP contribution in [0.15, 0.2) is 30.3 Å². The van der Waals surface area contributed by atoms with Crippen LogP contribution in [0.1, 0.15) is 25.3 Å². The molecule has 1 rings (SSSR count). The minimum absolute atomic E-state index is 0.123. The molecule has 2 nitrogen and oxygen atoms in total. The summed E-state index contributed by atoms with van der Waals surface area (Å²) in [4.78, 5) is 11.3. The van der Waals surface area contributed by atoms with Crippen molar-refractivity contribution < 1.29 is 4.79 Å². The van der Waals surface area contributed by atoms with Crippen molar-refractivity contribution in [1.29, 1.82) is 0 Å². The predicted octanol–water partition coefficient (Wildman–Crippen LogP) is 2.91.